The van der Waals surface area contributed by atoms with Crippen LogP contribution in [0.1, 0.15) is 24.0 Å². The Morgan fingerprint density at radius 2 is 1.61 bits per heavy atom. The Kier molecular flexibility index (Phi) is 8.11. The first-order chi connectivity index (χ1) is 16.1. The van der Waals surface area contributed by atoms with Gasteiger partial charge in [-0.15, -0.1) is 0 Å². The molecule has 0 aromatic heterocycles. The number of nitrogens with one attached hydrogen (secondary N) is 1. The van der Waals surface area contributed by atoms with E-state index in [9.17, 15) is 9.90 Å². The smallest absolute Gasteiger partial charge is 0.348 e. The minimum absolute atomic E-state index is 0.228. The maximum atomic E-state index is 13.4. The number of benzene rings is 2. The third kappa shape index (κ3) is 5.99. The van der Waals surface area contributed by atoms with Gasteiger partial charge < -0.3 is 14.7 Å². The number of likely N-dealkylation sites (tertiary alicyclic amines) is 1. The van der Waals surface area contributed by atoms with Crippen molar-refractivity contribution in [1.29, 1.82) is 0 Å². The summed E-state index contributed by atoms with van der Waals surface area (Å²) in [6, 6.07) is 18.1. The molecule has 4 rings (SSSR count). The molecule has 2 aromatic rings. The molecule has 2 aliphatic rings. The molecule has 2 aliphatic heterocycles. The highest BCUT2D eigenvalue weighted by molar-refractivity contribution is 5.85. The lowest BCUT2D eigenvalue weighted by atomic mass is 9.86. The fourth-order valence-electron chi connectivity index (χ4n) is 4.64. The number of nitrogens with zero attached hydrogens (tertiary/aromatic N) is 3. The zero-order valence-corrected chi connectivity index (χ0v) is 19.5. The molecule has 0 spiro atoms. The van der Waals surface area contributed by atoms with Crippen molar-refractivity contribution in [3.05, 3.63) is 71.8 Å². The summed E-state index contributed by atoms with van der Waals surface area (Å²) in [5.74, 6) is -0.609. The fraction of sp³-hybridized carbons (Fsp3) is 0.500. The average Bonchev–Trinajstić information content (AvgIpc) is 2.86. The van der Waals surface area contributed by atoms with Gasteiger partial charge in [-0.05, 0) is 37.6 Å². The monoisotopic (exact) mass is 452 g/mol. The number of aliphatic hydroxyl groups is 1. The van der Waals surface area contributed by atoms with Crippen molar-refractivity contribution in [1.82, 2.24) is 20.2 Å². The minimum Gasteiger partial charge on any atom is -0.458 e. The molecule has 0 bridgehead atoms. The van der Waals surface area contributed by atoms with Crippen LogP contribution in [0.4, 0.5) is 0 Å². The SMILES string of the molecule is CN1CCN(NCCN2CCC[C@@H](OC(=O)C(O)(c3ccccc3)c3ccccc3)C2)CC1. The molecule has 0 saturated carbocycles. The maximum Gasteiger partial charge on any atom is 0.348 e. The largest absolute Gasteiger partial charge is 0.458 e. The van der Waals surface area contributed by atoms with Crippen LogP contribution in [0.3, 0.4) is 0 Å². The highest BCUT2D eigenvalue weighted by Crippen LogP contribution is 2.32. The van der Waals surface area contributed by atoms with Gasteiger partial charge in [0.25, 0.3) is 0 Å². The summed E-state index contributed by atoms with van der Waals surface area (Å²) in [7, 11) is 2.16. The van der Waals surface area contributed by atoms with Crippen molar-refractivity contribution >= 4 is 5.97 Å². The van der Waals surface area contributed by atoms with Crippen molar-refractivity contribution in [2.24, 2.45) is 0 Å². The Labute approximate surface area is 196 Å². The van der Waals surface area contributed by atoms with E-state index in [1.54, 1.807) is 24.3 Å². The zero-order valence-electron chi connectivity index (χ0n) is 19.5. The lowest BCUT2D eigenvalue weighted by molar-refractivity contribution is -0.170. The number of carbonyl (C=O) groups is 1. The number of piperidine rings is 1. The summed E-state index contributed by atoms with van der Waals surface area (Å²) in [4.78, 5) is 18.1. The van der Waals surface area contributed by atoms with Crippen LogP contribution in [0.2, 0.25) is 0 Å². The summed E-state index contributed by atoms with van der Waals surface area (Å²) in [5.41, 5.74) is 2.74. The third-order valence-corrected chi connectivity index (χ3v) is 6.68. The van der Waals surface area contributed by atoms with Gasteiger partial charge >= 0.3 is 5.97 Å². The zero-order chi connectivity index (χ0) is 23.1. The van der Waals surface area contributed by atoms with Crippen molar-refractivity contribution in [2.45, 2.75) is 24.5 Å². The van der Waals surface area contributed by atoms with Gasteiger partial charge in [-0.25, -0.2) is 9.80 Å². The molecule has 2 N–H and O–H groups in total. The lowest BCUT2D eigenvalue weighted by Crippen LogP contribution is -2.53. The summed E-state index contributed by atoms with van der Waals surface area (Å²) >= 11 is 0. The molecule has 178 valence electrons. The van der Waals surface area contributed by atoms with E-state index in [1.807, 2.05) is 36.4 Å². The van der Waals surface area contributed by atoms with Crippen molar-refractivity contribution in [2.75, 3.05) is 59.4 Å². The normalized spacial score (nSPS) is 21.1. The van der Waals surface area contributed by atoms with Crippen LogP contribution in [-0.4, -0.2) is 91.4 Å². The van der Waals surface area contributed by atoms with Crippen LogP contribution in [-0.2, 0) is 15.1 Å². The van der Waals surface area contributed by atoms with E-state index >= 15 is 0 Å². The molecular weight excluding hydrogens is 416 g/mol. The Bertz CT molecular complexity index is 832. The van der Waals surface area contributed by atoms with E-state index < -0.39 is 11.6 Å². The number of ether oxygens (including phenoxy) is 1. The number of piperazine rings is 1. The quantitative estimate of drug-likeness (QED) is 0.591. The van der Waals surface area contributed by atoms with E-state index in [4.69, 9.17) is 4.74 Å². The van der Waals surface area contributed by atoms with E-state index in [0.29, 0.717) is 17.7 Å². The van der Waals surface area contributed by atoms with Crippen LogP contribution in [0, 0.1) is 0 Å². The number of rotatable bonds is 8. The van der Waals surface area contributed by atoms with Gasteiger partial charge in [0.1, 0.15) is 6.10 Å². The molecule has 2 heterocycles. The van der Waals surface area contributed by atoms with E-state index in [-0.39, 0.29) is 6.10 Å². The highest BCUT2D eigenvalue weighted by Gasteiger charge is 2.43. The topological polar surface area (TPSA) is 68.3 Å². The molecule has 2 fully saturated rings. The standard InChI is InChI=1S/C26H36N4O3/c1-28-17-19-30(20-18-28)27-14-16-29-15-8-13-24(21-29)33-25(31)26(32,22-9-4-2-5-10-22)23-11-6-3-7-12-23/h2-7,9-12,24,27,32H,8,13-21H2,1H3/t24-/m1/s1. The molecule has 33 heavy (non-hydrogen) atoms. The molecular formula is C26H36N4O3. The van der Waals surface area contributed by atoms with Crippen molar-refractivity contribution < 1.29 is 14.6 Å². The number of likely N-dealkylation sites (N-methyl/N-ethyl adjacent to an activating group) is 1. The van der Waals surface area contributed by atoms with E-state index in [2.05, 4.69) is 27.3 Å². The number of hydrazine groups is 1. The Hall–Kier alpha value is -2.29. The first kappa shape index (κ1) is 23.9. The second kappa shape index (κ2) is 11.2. The van der Waals surface area contributed by atoms with Gasteiger partial charge in [-0.2, -0.15) is 0 Å². The minimum atomic E-state index is -1.83. The predicted molar refractivity (Wildman–Crippen MR) is 129 cm³/mol. The molecule has 0 radical (unpaired) electrons. The molecule has 2 aromatic carbocycles. The van der Waals surface area contributed by atoms with Gasteiger partial charge in [-0.3, -0.25) is 10.3 Å². The molecule has 0 unspecified atom stereocenters. The van der Waals surface area contributed by atoms with E-state index in [1.165, 1.54) is 0 Å². The molecule has 0 aliphatic carbocycles. The van der Waals surface area contributed by atoms with Gasteiger partial charge in [0, 0.05) is 45.8 Å². The third-order valence-electron chi connectivity index (χ3n) is 6.68. The molecule has 7 nitrogen and oxygen atoms in total. The first-order valence-electron chi connectivity index (χ1n) is 12.0. The molecule has 2 saturated heterocycles. The number of esters is 1. The summed E-state index contributed by atoms with van der Waals surface area (Å²) in [5, 5.41) is 13.9. The van der Waals surface area contributed by atoms with Crippen molar-refractivity contribution in [3.63, 3.8) is 0 Å². The van der Waals surface area contributed by atoms with Crippen LogP contribution >= 0.6 is 0 Å². The van der Waals surface area contributed by atoms with Crippen molar-refractivity contribution in [3.8, 4) is 0 Å². The van der Waals surface area contributed by atoms with Crippen LogP contribution in [0.5, 0.6) is 0 Å². The van der Waals surface area contributed by atoms with Crippen LogP contribution in [0.25, 0.3) is 0 Å². The van der Waals surface area contributed by atoms with Crippen LogP contribution in [0.15, 0.2) is 60.7 Å². The van der Waals surface area contributed by atoms with E-state index in [0.717, 1.165) is 58.7 Å². The van der Waals surface area contributed by atoms with Gasteiger partial charge in [0.05, 0.1) is 0 Å². The second-order valence-electron chi connectivity index (χ2n) is 9.11. The molecule has 0 amide bonds. The number of carbonyl (C=O) groups excluding carboxylic acids is 1. The average molecular weight is 453 g/mol. The lowest BCUT2D eigenvalue weighted by Gasteiger charge is -2.36. The predicted octanol–water partition coefficient (Wildman–Crippen LogP) is 1.68. The maximum absolute atomic E-state index is 13.4. The summed E-state index contributed by atoms with van der Waals surface area (Å²) in [6.07, 6.45) is 1.56. The fourth-order valence-corrected chi connectivity index (χ4v) is 4.64. The second-order valence-corrected chi connectivity index (χ2v) is 9.11. The number of hydrogen-bond acceptors (Lipinski definition) is 7. The van der Waals surface area contributed by atoms with Crippen LogP contribution < -0.4 is 5.43 Å². The number of hydrogen-bond donors (Lipinski definition) is 2. The first-order valence-corrected chi connectivity index (χ1v) is 12.0. The van der Waals surface area contributed by atoms with Gasteiger partial charge in [0.2, 0.25) is 5.60 Å². The Balaban J connectivity index is 1.35. The Morgan fingerprint density at radius 3 is 2.21 bits per heavy atom. The molecule has 7 heteroatoms. The summed E-state index contributed by atoms with van der Waals surface area (Å²) in [6.45, 7) is 7.71. The highest BCUT2D eigenvalue weighted by atomic mass is 16.6. The van der Waals surface area contributed by atoms with Gasteiger partial charge in [0.15, 0.2) is 0 Å². The summed E-state index contributed by atoms with van der Waals surface area (Å²) < 4.78 is 5.94. The molecule has 1 atom stereocenters. The Morgan fingerprint density at radius 1 is 1.00 bits per heavy atom. The van der Waals surface area contributed by atoms with Gasteiger partial charge in [-0.1, -0.05) is 60.7 Å².